The van der Waals surface area contributed by atoms with Crippen LogP contribution in [0.3, 0.4) is 0 Å². The molecule has 1 aromatic carbocycles. The number of hydrogen-bond acceptors (Lipinski definition) is 5. The Kier molecular flexibility index (Phi) is 9.23. The number of allylic oxidation sites excluding steroid dienone is 4. The van der Waals surface area contributed by atoms with Crippen LogP contribution >= 0.6 is 0 Å². The maximum atomic E-state index is 11.6. The summed E-state index contributed by atoms with van der Waals surface area (Å²) in [7, 11) is 1.39. The zero-order valence-corrected chi connectivity index (χ0v) is 19.8. The van der Waals surface area contributed by atoms with Gasteiger partial charge in [-0.25, -0.2) is 4.79 Å². The molecule has 0 aromatic heterocycles. The molecule has 5 heteroatoms. The van der Waals surface area contributed by atoms with E-state index in [0.717, 1.165) is 16.7 Å². The molecule has 0 aliphatic carbocycles. The summed E-state index contributed by atoms with van der Waals surface area (Å²) >= 11 is 0. The van der Waals surface area contributed by atoms with E-state index in [-0.39, 0.29) is 24.1 Å². The van der Waals surface area contributed by atoms with Crippen LogP contribution in [0.5, 0.6) is 0 Å². The molecular weight excluding hydrogens is 392 g/mol. The third-order valence-electron chi connectivity index (χ3n) is 5.13. The van der Waals surface area contributed by atoms with Crippen LogP contribution in [0.2, 0.25) is 0 Å². The van der Waals surface area contributed by atoms with Gasteiger partial charge in [0.25, 0.3) is 0 Å². The number of benzene rings is 1. The molecule has 0 N–H and O–H groups in total. The first-order valence-corrected chi connectivity index (χ1v) is 10.7. The van der Waals surface area contributed by atoms with E-state index in [9.17, 15) is 4.79 Å². The van der Waals surface area contributed by atoms with Crippen molar-refractivity contribution in [1.82, 2.24) is 0 Å². The van der Waals surface area contributed by atoms with Gasteiger partial charge in [-0.15, -0.1) is 0 Å². The average Bonchev–Trinajstić information content (AvgIpc) is 3.07. The van der Waals surface area contributed by atoms with Crippen LogP contribution in [0.15, 0.2) is 65.3 Å². The van der Waals surface area contributed by atoms with Crippen LogP contribution in [0.25, 0.3) is 0 Å². The molecule has 0 spiro atoms. The Balaban J connectivity index is 2.15. The van der Waals surface area contributed by atoms with Gasteiger partial charge in [-0.1, -0.05) is 60.6 Å². The third-order valence-corrected chi connectivity index (χ3v) is 5.13. The SMILES string of the molecule is COC(=O)/C(C)=C/C(C)=C/C(C)=C/[C@@H](C)[C@H](OCc1ccccc1)[C@H]1COC(C)(C)O1. The Hall–Kier alpha value is -2.21. The minimum absolute atomic E-state index is 0.0981. The highest BCUT2D eigenvalue weighted by Crippen LogP contribution is 2.30. The standard InChI is InChI=1S/C26H36O5/c1-18(13-19(2)15-21(4)25(27)28-7)14-20(3)24(23-17-30-26(5,6)31-23)29-16-22-11-9-8-10-12-22/h8-15,20,23-24H,16-17H2,1-7H3/b18-14+,19-13+,21-15+/t20-,23-,24+/m1/s1. The van der Waals surface area contributed by atoms with Gasteiger partial charge in [0.1, 0.15) is 6.10 Å². The van der Waals surface area contributed by atoms with Crippen LogP contribution in [-0.2, 0) is 30.3 Å². The zero-order chi connectivity index (χ0) is 23.0. The monoisotopic (exact) mass is 428 g/mol. The smallest absolute Gasteiger partial charge is 0.333 e. The van der Waals surface area contributed by atoms with Gasteiger partial charge in [0, 0.05) is 11.5 Å². The molecule has 2 rings (SSSR count). The summed E-state index contributed by atoms with van der Waals surface area (Å²) in [4.78, 5) is 11.6. The van der Waals surface area contributed by atoms with Crippen LogP contribution < -0.4 is 0 Å². The maximum absolute atomic E-state index is 11.6. The van der Waals surface area contributed by atoms with E-state index in [1.807, 2.05) is 58.0 Å². The molecule has 0 radical (unpaired) electrons. The Labute approximate surface area is 186 Å². The first kappa shape index (κ1) is 25.1. The molecule has 1 fully saturated rings. The molecule has 5 nitrogen and oxygen atoms in total. The fourth-order valence-electron chi connectivity index (χ4n) is 3.76. The first-order chi connectivity index (χ1) is 14.6. The van der Waals surface area contributed by atoms with Crippen LogP contribution in [0, 0.1) is 5.92 Å². The molecule has 1 aliphatic rings. The van der Waals surface area contributed by atoms with Gasteiger partial charge >= 0.3 is 5.97 Å². The highest BCUT2D eigenvalue weighted by atomic mass is 16.7. The largest absolute Gasteiger partial charge is 0.466 e. The van der Waals surface area contributed by atoms with Crippen molar-refractivity contribution in [3.05, 3.63) is 70.8 Å². The number of methoxy groups -OCH3 is 1. The summed E-state index contributed by atoms with van der Waals surface area (Å²) in [5, 5.41) is 0. The number of ether oxygens (including phenoxy) is 4. The topological polar surface area (TPSA) is 54.0 Å². The molecule has 1 aliphatic heterocycles. The molecule has 0 unspecified atom stereocenters. The predicted molar refractivity (Wildman–Crippen MR) is 122 cm³/mol. The predicted octanol–water partition coefficient (Wildman–Crippen LogP) is 5.37. The van der Waals surface area contributed by atoms with Gasteiger partial charge in [0.2, 0.25) is 0 Å². The second kappa shape index (κ2) is 11.4. The lowest BCUT2D eigenvalue weighted by atomic mass is 9.96. The fraction of sp³-hybridized carbons (Fsp3) is 0.500. The molecule has 31 heavy (non-hydrogen) atoms. The summed E-state index contributed by atoms with van der Waals surface area (Å²) in [6, 6.07) is 10.1. The Morgan fingerprint density at radius 2 is 1.84 bits per heavy atom. The second-order valence-corrected chi connectivity index (χ2v) is 8.61. The fourth-order valence-corrected chi connectivity index (χ4v) is 3.76. The van der Waals surface area contributed by atoms with Gasteiger partial charge in [0.05, 0.1) is 26.4 Å². The van der Waals surface area contributed by atoms with Gasteiger partial charge in [-0.3, -0.25) is 0 Å². The van der Waals surface area contributed by atoms with E-state index in [1.165, 1.54) is 7.11 Å². The molecule has 0 saturated carbocycles. The van der Waals surface area contributed by atoms with Crippen LogP contribution in [0.1, 0.15) is 47.1 Å². The molecule has 1 saturated heterocycles. The molecule has 0 amide bonds. The quantitative estimate of drug-likeness (QED) is 0.301. The molecule has 1 aromatic rings. The van der Waals surface area contributed by atoms with Crippen LogP contribution in [0.4, 0.5) is 0 Å². The van der Waals surface area contributed by atoms with Crippen molar-refractivity contribution >= 4 is 5.97 Å². The number of carbonyl (C=O) groups is 1. The third kappa shape index (κ3) is 8.09. The Bertz CT molecular complexity index is 819. The van der Waals surface area contributed by atoms with Crippen molar-refractivity contribution in [3.63, 3.8) is 0 Å². The van der Waals surface area contributed by atoms with Crippen molar-refractivity contribution in [1.29, 1.82) is 0 Å². The summed E-state index contributed by atoms with van der Waals surface area (Å²) in [5.41, 5.74) is 3.76. The number of hydrogen-bond donors (Lipinski definition) is 0. The highest BCUT2D eigenvalue weighted by Gasteiger charge is 2.39. The van der Waals surface area contributed by atoms with Gasteiger partial charge < -0.3 is 18.9 Å². The molecule has 1 heterocycles. The Morgan fingerprint density at radius 1 is 1.16 bits per heavy atom. The molecular formula is C26H36O5. The van der Waals surface area contributed by atoms with Gasteiger partial charge in [-0.05, 0) is 46.3 Å². The molecule has 170 valence electrons. The number of esters is 1. The van der Waals surface area contributed by atoms with Crippen molar-refractivity contribution in [2.24, 2.45) is 5.92 Å². The maximum Gasteiger partial charge on any atom is 0.333 e. The van der Waals surface area contributed by atoms with Crippen molar-refractivity contribution in [3.8, 4) is 0 Å². The lowest BCUT2D eigenvalue weighted by Gasteiger charge is -2.28. The average molecular weight is 429 g/mol. The lowest BCUT2D eigenvalue weighted by Crippen LogP contribution is -2.37. The van der Waals surface area contributed by atoms with Crippen molar-refractivity contribution < 1.29 is 23.7 Å². The van der Waals surface area contributed by atoms with Crippen molar-refractivity contribution in [2.45, 2.75) is 66.1 Å². The Morgan fingerprint density at radius 3 is 2.42 bits per heavy atom. The van der Waals surface area contributed by atoms with E-state index >= 15 is 0 Å². The minimum atomic E-state index is -0.607. The summed E-state index contributed by atoms with van der Waals surface area (Å²) in [6.45, 7) is 12.8. The van der Waals surface area contributed by atoms with E-state index < -0.39 is 5.79 Å². The summed E-state index contributed by atoms with van der Waals surface area (Å²) in [6.07, 6.45) is 5.75. The first-order valence-electron chi connectivity index (χ1n) is 10.7. The zero-order valence-electron chi connectivity index (χ0n) is 19.8. The van der Waals surface area contributed by atoms with E-state index in [2.05, 4.69) is 25.1 Å². The normalized spacial score (nSPS) is 21.6. The lowest BCUT2D eigenvalue weighted by molar-refractivity contribution is -0.161. The van der Waals surface area contributed by atoms with E-state index in [4.69, 9.17) is 18.9 Å². The van der Waals surface area contributed by atoms with E-state index in [0.29, 0.717) is 18.8 Å². The van der Waals surface area contributed by atoms with Gasteiger partial charge in [-0.2, -0.15) is 0 Å². The molecule has 3 atom stereocenters. The summed E-state index contributed by atoms with van der Waals surface area (Å²) < 4.78 is 23.0. The summed E-state index contributed by atoms with van der Waals surface area (Å²) in [5.74, 6) is -0.830. The van der Waals surface area contributed by atoms with Crippen molar-refractivity contribution in [2.75, 3.05) is 13.7 Å². The van der Waals surface area contributed by atoms with Crippen LogP contribution in [-0.4, -0.2) is 37.7 Å². The number of carbonyl (C=O) groups excluding carboxylic acids is 1. The molecule has 0 bridgehead atoms. The highest BCUT2D eigenvalue weighted by molar-refractivity contribution is 5.88. The van der Waals surface area contributed by atoms with E-state index in [1.54, 1.807) is 6.92 Å². The second-order valence-electron chi connectivity index (χ2n) is 8.61. The minimum Gasteiger partial charge on any atom is -0.466 e. The van der Waals surface area contributed by atoms with Gasteiger partial charge in [0.15, 0.2) is 5.79 Å². The number of rotatable bonds is 9.